The first kappa shape index (κ1) is 24.7. The van der Waals surface area contributed by atoms with Gasteiger partial charge in [-0.3, -0.25) is 14.3 Å². The number of likely N-dealkylation sites (tertiary alicyclic amines) is 1. The first-order valence-corrected chi connectivity index (χ1v) is 12.2. The van der Waals surface area contributed by atoms with E-state index in [9.17, 15) is 9.59 Å². The minimum atomic E-state index is -0.660. The van der Waals surface area contributed by atoms with Crippen molar-refractivity contribution in [3.05, 3.63) is 47.8 Å². The summed E-state index contributed by atoms with van der Waals surface area (Å²) in [6.45, 7) is 6.32. The summed E-state index contributed by atoms with van der Waals surface area (Å²) in [6.07, 6.45) is 6.02. The first-order chi connectivity index (χ1) is 16.7. The molecule has 1 aromatic carbocycles. The number of hydrogen-bond acceptors (Lipinski definition) is 6. The number of benzene rings is 1. The number of hydrogen-bond donors (Lipinski definition) is 2. The Morgan fingerprint density at radius 1 is 1.23 bits per heavy atom. The Morgan fingerprint density at radius 2 is 2.03 bits per heavy atom. The van der Waals surface area contributed by atoms with Crippen molar-refractivity contribution in [3.8, 4) is 0 Å². The fourth-order valence-corrected chi connectivity index (χ4v) is 4.62. The lowest BCUT2D eigenvalue weighted by Gasteiger charge is -2.38. The van der Waals surface area contributed by atoms with Gasteiger partial charge in [-0.1, -0.05) is 26.0 Å². The monoisotopic (exact) mass is 477 g/mol. The van der Waals surface area contributed by atoms with E-state index >= 15 is 0 Å². The van der Waals surface area contributed by atoms with Crippen molar-refractivity contribution in [3.63, 3.8) is 0 Å². The third-order valence-electron chi connectivity index (χ3n) is 6.65. The third-order valence-corrected chi connectivity index (χ3v) is 6.65. The number of carbonyl (C=O) groups excluding carboxylic acids is 2. The number of rotatable bonds is 6. The van der Waals surface area contributed by atoms with Crippen LogP contribution in [0.2, 0.25) is 0 Å². The van der Waals surface area contributed by atoms with E-state index in [-0.39, 0.29) is 6.04 Å². The highest BCUT2D eigenvalue weighted by atomic mass is 16.2. The number of carbonyl (C=O) groups is 2. The predicted octanol–water partition coefficient (Wildman–Crippen LogP) is 3.08. The molecule has 3 aromatic rings. The Morgan fingerprint density at radius 3 is 2.77 bits per heavy atom. The van der Waals surface area contributed by atoms with Crippen molar-refractivity contribution >= 4 is 34.2 Å². The van der Waals surface area contributed by atoms with E-state index in [1.54, 1.807) is 11.0 Å². The molecule has 2 amide bonds. The maximum absolute atomic E-state index is 13.3. The molecule has 9 heteroatoms. The number of anilines is 2. The maximum atomic E-state index is 13.3. The fraction of sp³-hybridized carbons (Fsp3) is 0.462. The highest BCUT2D eigenvalue weighted by Gasteiger charge is 2.34. The lowest BCUT2D eigenvalue weighted by molar-refractivity contribution is -0.146. The van der Waals surface area contributed by atoms with E-state index < -0.39 is 11.8 Å². The van der Waals surface area contributed by atoms with Gasteiger partial charge in [-0.25, -0.2) is 4.98 Å². The Balaban J connectivity index is 1.54. The van der Waals surface area contributed by atoms with Crippen molar-refractivity contribution in [2.45, 2.75) is 45.7 Å². The average Bonchev–Trinajstić information content (AvgIpc) is 3.25. The van der Waals surface area contributed by atoms with Crippen molar-refractivity contribution in [1.82, 2.24) is 24.6 Å². The zero-order chi connectivity index (χ0) is 25.1. The van der Waals surface area contributed by atoms with Crippen LogP contribution in [0.15, 0.2) is 36.7 Å². The summed E-state index contributed by atoms with van der Waals surface area (Å²) in [5, 5.41) is 8.51. The molecule has 0 spiro atoms. The SMILES string of the molecule is CCc1cc(NC(=O)C(=O)N2C[C@@H](C)CC[C@@H]2c2ccc3cn(CCN(C)C)nc3c2)cnc1N. The van der Waals surface area contributed by atoms with Crippen LogP contribution in [0.25, 0.3) is 10.9 Å². The second-order valence-electron chi connectivity index (χ2n) is 9.75. The van der Waals surface area contributed by atoms with E-state index in [4.69, 9.17) is 10.8 Å². The van der Waals surface area contributed by atoms with Crippen molar-refractivity contribution in [1.29, 1.82) is 0 Å². The number of nitrogens with zero attached hydrogens (tertiary/aromatic N) is 5. The molecule has 1 saturated heterocycles. The molecule has 0 bridgehead atoms. The molecular weight excluding hydrogens is 442 g/mol. The van der Waals surface area contributed by atoms with Crippen molar-refractivity contribution < 1.29 is 9.59 Å². The molecule has 0 unspecified atom stereocenters. The van der Waals surface area contributed by atoms with Crippen molar-refractivity contribution in [2.75, 3.05) is 38.2 Å². The molecular formula is C26H35N7O2. The highest BCUT2D eigenvalue weighted by molar-refractivity contribution is 6.39. The molecule has 35 heavy (non-hydrogen) atoms. The number of nitrogens with two attached hydrogens (primary N) is 1. The van der Waals surface area contributed by atoms with E-state index in [1.165, 1.54) is 6.20 Å². The molecule has 9 nitrogen and oxygen atoms in total. The van der Waals surface area contributed by atoms with Gasteiger partial charge in [-0.15, -0.1) is 0 Å². The maximum Gasteiger partial charge on any atom is 0.313 e. The zero-order valence-electron chi connectivity index (χ0n) is 21.0. The van der Waals surface area contributed by atoms with Gasteiger partial charge >= 0.3 is 11.8 Å². The molecule has 1 aliphatic rings. The van der Waals surface area contributed by atoms with Crippen LogP contribution >= 0.6 is 0 Å². The molecule has 186 valence electrons. The Labute approximate surface area is 206 Å². The first-order valence-electron chi connectivity index (χ1n) is 12.2. The van der Waals surface area contributed by atoms with Crippen LogP contribution in [0.1, 0.15) is 43.9 Å². The van der Waals surface area contributed by atoms with E-state index in [0.717, 1.165) is 48.0 Å². The number of piperidine rings is 1. The lowest BCUT2D eigenvalue weighted by atomic mass is 9.89. The minimum absolute atomic E-state index is 0.170. The number of aryl methyl sites for hydroxylation is 1. The average molecular weight is 478 g/mol. The topological polar surface area (TPSA) is 109 Å². The standard InChI is InChI=1S/C26H35N7O2/c1-5-18-12-21(14-28-24(18)27)29-25(34)26(35)33-15-17(2)6-9-23(33)19-7-8-20-16-32(11-10-31(3)4)30-22(20)13-19/h7-8,12-14,16-17,23H,5-6,9-11,15H2,1-4H3,(H2,27,28)(H,29,34)/t17-,23+/m0/s1. The highest BCUT2D eigenvalue weighted by Crippen LogP contribution is 2.34. The Bertz CT molecular complexity index is 1220. The van der Waals surface area contributed by atoms with Crippen LogP contribution in [-0.2, 0) is 22.6 Å². The third kappa shape index (κ3) is 5.62. The van der Waals surface area contributed by atoms with Gasteiger partial charge in [0, 0.05) is 24.7 Å². The molecule has 0 radical (unpaired) electrons. The largest absolute Gasteiger partial charge is 0.383 e. The number of likely N-dealkylation sites (N-methyl/N-ethyl adjacent to an activating group) is 1. The fourth-order valence-electron chi connectivity index (χ4n) is 4.62. The summed E-state index contributed by atoms with van der Waals surface area (Å²) < 4.78 is 1.96. The van der Waals surface area contributed by atoms with Gasteiger partial charge in [0.25, 0.3) is 0 Å². The second kappa shape index (κ2) is 10.4. The summed E-state index contributed by atoms with van der Waals surface area (Å²) in [5.74, 6) is -0.442. The van der Waals surface area contributed by atoms with Gasteiger partial charge in [0.15, 0.2) is 0 Å². The molecule has 3 heterocycles. The molecule has 3 N–H and O–H groups in total. The number of aromatic nitrogens is 3. The number of nitrogen functional groups attached to an aromatic ring is 1. The molecule has 1 fully saturated rings. The smallest absolute Gasteiger partial charge is 0.313 e. The number of pyridine rings is 1. The summed E-state index contributed by atoms with van der Waals surface area (Å²) >= 11 is 0. The van der Waals surface area contributed by atoms with Crippen LogP contribution in [0.3, 0.4) is 0 Å². The Kier molecular flexibility index (Phi) is 7.35. The number of amides is 2. The van der Waals surface area contributed by atoms with E-state index in [2.05, 4.69) is 40.3 Å². The van der Waals surface area contributed by atoms with Crippen LogP contribution in [0.5, 0.6) is 0 Å². The minimum Gasteiger partial charge on any atom is -0.383 e. The lowest BCUT2D eigenvalue weighted by Crippen LogP contribution is -2.46. The predicted molar refractivity (Wildman–Crippen MR) is 138 cm³/mol. The molecule has 0 aliphatic carbocycles. The molecule has 2 atom stereocenters. The van der Waals surface area contributed by atoms with Crippen molar-refractivity contribution in [2.24, 2.45) is 5.92 Å². The van der Waals surface area contributed by atoms with Gasteiger partial charge in [-0.05, 0) is 62.5 Å². The summed E-state index contributed by atoms with van der Waals surface area (Å²) in [7, 11) is 4.08. The van der Waals surface area contributed by atoms with E-state index in [0.29, 0.717) is 30.4 Å². The summed E-state index contributed by atoms with van der Waals surface area (Å²) in [5.41, 5.74) is 9.08. The van der Waals surface area contributed by atoms with Gasteiger partial charge in [0.1, 0.15) is 5.82 Å². The molecule has 2 aromatic heterocycles. The number of nitrogens with one attached hydrogen (secondary N) is 1. The van der Waals surface area contributed by atoms with Crippen LogP contribution in [0, 0.1) is 5.92 Å². The zero-order valence-corrected chi connectivity index (χ0v) is 21.0. The summed E-state index contributed by atoms with van der Waals surface area (Å²) in [6, 6.07) is 7.76. The second-order valence-corrected chi connectivity index (χ2v) is 9.75. The summed E-state index contributed by atoms with van der Waals surface area (Å²) in [4.78, 5) is 34.2. The van der Waals surface area contributed by atoms with Gasteiger partial charge in [0.2, 0.25) is 0 Å². The molecule has 4 rings (SSSR count). The quantitative estimate of drug-likeness (QED) is 0.528. The number of fused-ring (bicyclic) bond motifs is 1. The van der Waals surface area contributed by atoms with Crippen LogP contribution in [0.4, 0.5) is 11.5 Å². The van der Waals surface area contributed by atoms with Crippen LogP contribution < -0.4 is 11.1 Å². The molecule has 1 aliphatic heterocycles. The van der Waals surface area contributed by atoms with Gasteiger partial charge < -0.3 is 20.9 Å². The van der Waals surface area contributed by atoms with Gasteiger partial charge in [0.05, 0.1) is 30.0 Å². The van der Waals surface area contributed by atoms with Gasteiger partial charge in [-0.2, -0.15) is 5.10 Å². The van der Waals surface area contributed by atoms with Crippen LogP contribution in [-0.4, -0.2) is 63.6 Å². The Hall–Kier alpha value is -3.46. The normalized spacial score (nSPS) is 18.3. The molecule has 0 saturated carbocycles. The van der Waals surface area contributed by atoms with E-state index in [1.807, 2.05) is 31.9 Å².